The van der Waals surface area contributed by atoms with Crippen LogP contribution in [0.1, 0.15) is 24.8 Å². The number of hydrogen-bond acceptors (Lipinski definition) is 4. The Labute approximate surface area is 176 Å². The molecule has 0 spiro atoms. The Kier molecular flexibility index (Phi) is 6.30. The standard InChI is InChI=1S/C22H28F2N6/c1-25-22(27-14-16-7-9-26-20(13-16)29-10-2-3-11-29)28-17-8-12-30(15-17)21-18(23)5-4-6-19(21)24/h4-7,9,13,17H,2-3,8,10-12,14-15H2,1H3,(H2,25,27,28). The fourth-order valence-corrected chi connectivity index (χ4v) is 4.14. The van der Waals surface area contributed by atoms with Gasteiger partial charge in [0.15, 0.2) is 5.96 Å². The Balaban J connectivity index is 1.32. The highest BCUT2D eigenvalue weighted by Crippen LogP contribution is 2.26. The Morgan fingerprint density at radius 3 is 2.63 bits per heavy atom. The molecule has 4 rings (SSSR count). The highest BCUT2D eigenvalue weighted by molar-refractivity contribution is 5.80. The number of aliphatic imine (C=N–C) groups is 1. The van der Waals surface area contributed by atoms with Crippen LogP contribution in [0.15, 0.2) is 41.5 Å². The summed E-state index contributed by atoms with van der Waals surface area (Å²) < 4.78 is 28.1. The van der Waals surface area contributed by atoms with Crippen LogP contribution in [0.4, 0.5) is 20.3 Å². The van der Waals surface area contributed by atoms with Crippen molar-refractivity contribution in [2.24, 2.45) is 4.99 Å². The van der Waals surface area contributed by atoms with Crippen molar-refractivity contribution in [3.05, 3.63) is 53.7 Å². The van der Waals surface area contributed by atoms with Crippen molar-refractivity contribution in [3.63, 3.8) is 0 Å². The molecule has 2 N–H and O–H groups in total. The summed E-state index contributed by atoms with van der Waals surface area (Å²) in [7, 11) is 1.72. The van der Waals surface area contributed by atoms with Crippen LogP contribution >= 0.6 is 0 Å². The maximum absolute atomic E-state index is 14.1. The van der Waals surface area contributed by atoms with Crippen LogP contribution in [0.3, 0.4) is 0 Å². The van der Waals surface area contributed by atoms with Gasteiger partial charge in [-0.25, -0.2) is 13.8 Å². The monoisotopic (exact) mass is 414 g/mol. The predicted molar refractivity (Wildman–Crippen MR) is 116 cm³/mol. The van der Waals surface area contributed by atoms with Gasteiger partial charge in [-0.3, -0.25) is 4.99 Å². The molecule has 1 atom stereocenters. The number of nitrogens with zero attached hydrogens (tertiary/aromatic N) is 4. The molecule has 0 saturated carbocycles. The molecule has 2 aliphatic rings. The van der Waals surface area contributed by atoms with E-state index >= 15 is 0 Å². The van der Waals surface area contributed by atoms with Crippen LogP contribution in [0.25, 0.3) is 0 Å². The third-order valence-corrected chi connectivity index (χ3v) is 5.71. The van der Waals surface area contributed by atoms with Crippen LogP contribution in [-0.2, 0) is 6.54 Å². The number of anilines is 2. The molecule has 1 unspecified atom stereocenters. The van der Waals surface area contributed by atoms with Gasteiger partial charge in [-0.2, -0.15) is 0 Å². The zero-order valence-electron chi connectivity index (χ0n) is 17.2. The van der Waals surface area contributed by atoms with Crippen molar-refractivity contribution in [2.75, 3.05) is 43.0 Å². The number of pyridine rings is 1. The maximum atomic E-state index is 14.1. The van der Waals surface area contributed by atoms with Gasteiger partial charge in [-0.05, 0) is 49.1 Å². The molecule has 0 radical (unpaired) electrons. The van der Waals surface area contributed by atoms with E-state index in [1.54, 1.807) is 11.9 Å². The van der Waals surface area contributed by atoms with Gasteiger partial charge in [-0.15, -0.1) is 0 Å². The number of hydrogen-bond donors (Lipinski definition) is 2. The smallest absolute Gasteiger partial charge is 0.191 e. The van der Waals surface area contributed by atoms with Crippen molar-refractivity contribution in [1.82, 2.24) is 15.6 Å². The molecule has 6 nitrogen and oxygen atoms in total. The summed E-state index contributed by atoms with van der Waals surface area (Å²) in [5, 5.41) is 6.70. The molecule has 2 saturated heterocycles. The molecular weight excluding hydrogens is 386 g/mol. The molecule has 8 heteroatoms. The molecular formula is C22H28F2N6. The van der Waals surface area contributed by atoms with Gasteiger partial charge in [0.05, 0.1) is 0 Å². The van der Waals surface area contributed by atoms with Gasteiger partial charge in [0.1, 0.15) is 23.1 Å². The van der Waals surface area contributed by atoms with Crippen LogP contribution in [0.5, 0.6) is 0 Å². The predicted octanol–water partition coefficient (Wildman–Crippen LogP) is 2.90. The van der Waals surface area contributed by atoms with E-state index in [-0.39, 0.29) is 11.7 Å². The largest absolute Gasteiger partial charge is 0.365 e. The minimum Gasteiger partial charge on any atom is -0.365 e. The number of benzene rings is 1. The van der Waals surface area contributed by atoms with E-state index in [4.69, 9.17) is 0 Å². The molecule has 1 aromatic carbocycles. The third-order valence-electron chi connectivity index (χ3n) is 5.71. The van der Waals surface area contributed by atoms with Crippen LogP contribution in [-0.4, -0.2) is 50.2 Å². The quantitative estimate of drug-likeness (QED) is 0.582. The second-order valence-electron chi connectivity index (χ2n) is 7.79. The number of halogens is 2. The normalized spacial score (nSPS) is 19.4. The first-order valence-electron chi connectivity index (χ1n) is 10.5. The summed E-state index contributed by atoms with van der Waals surface area (Å²) in [4.78, 5) is 12.9. The first-order valence-corrected chi connectivity index (χ1v) is 10.5. The lowest BCUT2D eigenvalue weighted by Crippen LogP contribution is -2.44. The fraction of sp³-hybridized carbons (Fsp3) is 0.455. The SMILES string of the molecule is CN=C(NCc1ccnc(N2CCCC2)c1)NC1CCN(c2c(F)cccc2F)C1. The molecule has 3 heterocycles. The van der Waals surface area contributed by atoms with E-state index in [9.17, 15) is 8.78 Å². The highest BCUT2D eigenvalue weighted by atomic mass is 19.1. The van der Waals surface area contributed by atoms with Gasteiger partial charge < -0.3 is 20.4 Å². The Morgan fingerprint density at radius 2 is 1.90 bits per heavy atom. The Bertz CT molecular complexity index is 877. The van der Waals surface area contributed by atoms with Crippen molar-refractivity contribution in [3.8, 4) is 0 Å². The first-order chi connectivity index (χ1) is 14.6. The molecule has 2 aromatic rings. The average Bonchev–Trinajstić information content (AvgIpc) is 3.44. The first kappa shape index (κ1) is 20.4. The molecule has 0 bridgehead atoms. The summed E-state index contributed by atoms with van der Waals surface area (Å²) in [5.74, 6) is 0.651. The minimum absolute atomic E-state index is 0.0518. The average molecular weight is 415 g/mol. The van der Waals surface area contributed by atoms with E-state index in [0.29, 0.717) is 25.6 Å². The molecule has 30 heavy (non-hydrogen) atoms. The summed E-state index contributed by atoms with van der Waals surface area (Å²) in [6.45, 7) is 3.87. The lowest BCUT2D eigenvalue weighted by molar-refractivity contribution is 0.576. The molecule has 2 fully saturated rings. The van der Waals surface area contributed by atoms with E-state index in [2.05, 4.69) is 31.6 Å². The maximum Gasteiger partial charge on any atom is 0.191 e. The van der Waals surface area contributed by atoms with Crippen LogP contribution < -0.4 is 20.4 Å². The number of nitrogens with one attached hydrogen (secondary N) is 2. The van der Waals surface area contributed by atoms with Crippen LogP contribution in [0, 0.1) is 11.6 Å². The van der Waals surface area contributed by atoms with E-state index in [1.165, 1.54) is 31.0 Å². The third kappa shape index (κ3) is 4.63. The fourth-order valence-electron chi connectivity index (χ4n) is 4.14. The number of guanidine groups is 1. The molecule has 160 valence electrons. The summed E-state index contributed by atoms with van der Waals surface area (Å²) in [5.41, 5.74) is 1.19. The zero-order valence-corrected chi connectivity index (χ0v) is 17.2. The Hall–Kier alpha value is -2.90. The van der Waals surface area contributed by atoms with E-state index in [0.717, 1.165) is 30.9 Å². The number of aromatic nitrogens is 1. The molecule has 1 aromatic heterocycles. The number of para-hydroxylation sites is 1. The van der Waals surface area contributed by atoms with Crippen molar-refractivity contribution >= 4 is 17.5 Å². The highest BCUT2D eigenvalue weighted by Gasteiger charge is 2.27. The minimum atomic E-state index is -0.523. The molecule has 0 amide bonds. The van der Waals surface area contributed by atoms with Gasteiger partial charge in [0.2, 0.25) is 0 Å². The van der Waals surface area contributed by atoms with Gasteiger partial charge in [0, 0.05) is 52.0 Å². The summed E-state index contributed by atoms with van der Waals surface area (Å²) in [6.07, 6.45) is 5.06. The Morgan fingerprint density at radius 1 is 1.13 bits per heavy atom. The zero-order chi connectivity index (χ0) is 20.9. The van der Waals surface area contributed by atoms with Crippen molar-refractivity contribution in [1.29, 1.82) is 0 Å². The van der Waals surface area contributed by atoms with E-state index in [1.807, 2.05) is 12.3 Å². The van der Waals surface area contributed by atoms with Crippen LogP contribution in [0.2, 0.25) is 0 Å². The molecule has 0 aliphatic carbocycles. The van der Waals surface area contributed by atoms with Crippen molar-refractivity contribution < 1.29 is 8.78 Å². The lowest BCUT2D eigenvalue weighted by Gasteiger charge is -2.21. The van der Waals surface area contributed by atoms with Gasteiger partial charge >= 0.3 is 0 Å². The van der Waals surface area contributed by atoms with Crippen molar-refractivity contribution in [2.45, 2.75) is 31.8 Å². The molecule has 2 aliphatic heterocycles. The second-order valence-corrected chi connectivity index (χ2v) is 7.79. The topological polar surface area (TPSA) is 55.8 Å². The summed E-state index contributed by atoms with van der Waals surface area (Å²) in [6, 6.07) is 8.16. The van der Waals surface area contributed by atoms with Gasteiger partial charge in [0.25, 0.3) is 0 Å². The lowest BCUT2D eigenvalue weighted by atomic mass is 10.2. The number of rotatable bonds is 5. The second kappa shape index (κ2) is 9.28. The van der Waals surface area contributed by atoms with Gasteiger partial charge in [-0.1, -0.05) is 6.07 Å². The summed E-state index contributed by atoms with van der Waals surface area (Å²) >= 11 is 0. The van der Waals surface area contributed by atoms with E-state index < -0.39 is 11.6 Å².